The molecule has 2 aromatic rings. The summed E-state index contributed by atoms with van der Waals surface area (Å²) >= 11 is 0. The maximum absolute atomic E-state index is 10.9. The molecule has 0 bridgehead atoms. The summed E-state index contributed by atoms with van der Waals surface area (Å²) < 4.78 is 5.54. The van der Waals surface area contributed by atoms with Crippen LogP contribution in [0.1, 0.15) is 13.3 Å². The second kappa shape index (κ2) is 5.62. The summed E-state index contributed by atoms with van der Waals surface area (Å²) in [5, 5.41) is 20.7. The predicted molar refractivity (Wildman–Crippen MR) is 70.2 cm³/mol. The Morgan fingerprint density at radius 3 is 2.95 bits per heavy atom. The third-order valence-corrected chi connectivity index (χ3v) is 2.70. The highest BCUT2D eigenvalue weighted by atomic mass is 16.6. The van der Waals surface area contributed by atoms with Gasteiger partial charge in [-0.3, -0.25) is 10.1 Å². The lowest BCUT2D eigenvalue weighted by Gasteiger charge is -2.10. The summed E-state index contributed by atoms with van der Waals surface area (Å²) in [6, 6.07) is 6.37. The first-order chi connectivity index (χ1) is 9.09. The van der Waals surface area contributed by atoms with E-state index in [0.29, 0.717) is 29.7 Å². The van der Waals surface area contributed by atoms with E-state index in [2.05, 4.69) is 4.98 Å². The number of rotatable bonds is 5. The molecule has 1 heterocycles. The van der Waals surface area contributed by atoms with Crippen molar-refractivity contribution in [2.24, 2.45) is 0 Å². The molecule has 1 N–H and O–H groups in total. The molecule has 0 aliphatic rings. The summed E-state index contributed by atoms with van der Waals surface area (Å²) in [6.07, 6.45) is 1.57. The lowest BCUT2D eigenvalue weighted by Crippen LogP contribution is -2.07. The average molecular weight is 262 g/mol. The van der Waals surface area contributed by atoms with Crippen molar-refractivity contribution >= 4 is 16.6 Å². The van der Waals surface area contributed by atoms with E-state index in [1.54, 1.807) is 25.1 Å². The second-order valence-electron chi connectivity index (χ2n) is 4.23. The van der Waals surface area contributed by atoms with E-state index in [1.807, 2.05) is 0 Å². The van der Waals surface area contributed by atoms with Crippen LogP contribution in [0.3, 0.4) is 0 Å². The number of aliphatic hydroxyl groups excluding tert-OH is 1. The highest BCUT2D eigenvalue weighted by molar-refractivity contribution is 5.91. The molecular formula is C13H14N2O4. The lowest BCUT2D eigenvalue weighted by molar-refractivity contribution is -0.383. The van der Waals surface area contributed by atoms with Crippen LogP contribution in [0.4, 0.5) is 5.69 Å². The first-order valence-electron chi connectivity index (χ1n) is 5.92. The topological polar surface area (TPSA) is 85.5 Å². The van der Waals surface area contributed by atoms with Crippen LogP contribution < -0.4 is 4.74 Å². The highest BCUT2D eigenvalue weighted by Gasteiger charge is 2.15. The van der Waals surface area contributed by atoms with Crippen molar-refractivity contribution in [3.63, 3.8) is 0 Å². The lowest BCUT2D eigenvalue weighted by atomic mass is 10.1. The first kappa shape index (κ1) is 13.2. The number of non-ortho nitro benzene ring substituents is 1. The molecule has 0 aliphatic carbocycles. The van der Waals surface area contributed by atoms with Crippen LogP contribution >= 0.6 is 0 Å². The van der Waals surface area contributed by atoms with Crippen molar-refractivity contribution in [2.75, 3.05) is 6.61 Å². The van der Waals surface area contributed by atoms with Crippen molar-refractivity contribution in [2.45, 2.75) is 19.4 Å². The minimum Gasteiger partial charge on any atom is -0.493 e. The number of nitrogens with zero attached hydrogens (tertiary/aromatic N) is 2. The van der Waals surface area contributed by atoms with E-state index in [9.17, 15) is 15.2 Å². The van der Waals surface area contributed by atoms with Gasteiger partial charge in [-0.1, -0.05) is 0 Å². The SMILES string of the molecule is CC(O)CCOc1ccc([N+](=O)[O-])c2ncccc12. The van der Waals surface area contributed by atoms with Gasteiger partial charge in [0.05, 0.1) is 17.6 Å². The fraction of sp³-hybridized carbons (Fsp3) is 0.308. The number of hydrogen-bond acceptors (Lipinski definition) is 5. The van der Waals surface area contributed by atoms with Crippen molar-refractivity contribution in [1.82, 2.24) is 4.98 Å². The Morgan fingerprint density at radius 2 is 2.26 bits per heavy atom. The van der Waals surface area contributed by atoms with Crippen LogP contribution in [-0.2, 0) is 0 Å². The van der Waals surface area contributed by atoms with E-state index in [4.69, 9.17) is 4.74 Å². The van der Waals surface area contributed by atoms with Crippen LogP contribution in [0.15, 0.2) is 30.5 Å². The predicted octanol–water partition coefficient (Wildman–Crippen LogP) is 2.29. The van der Waals surface area contributed by atoms with E-state index in [-0.39, 0.29) is 5.69 Å². The van der Waals surface area contributed by atoms with Gasteiger partial charge in [0.25, 0.3) is 5.69 Å². The van der Waals surface area contributed by atoms with Crippen molar-refractivity contribution in [3.8, 4) is 5.75 Å². The van der Waals surface area contributed by atoms with Crippen molar-refractivity contribution < 1.29 is 14.8 Å². The quantitative estimate of drug-likeness (QED) is 0.660. The largest absolute Gasteiger partial charge is 0.493 e. The third kappa shape index (κ3) is 2.97. The van der Waals surface area contributed by atoms with Gasteiger partial charge in [-0.2, -0.15) is 0 Å². The number of aliphatic hydroxyl groups is 1. The molecule has 0 aliphatic heterocycles. The molecule has 0 fully saturated rings. The van der Waals surface area contributed by atoms with Gasteiger partial charge < -0.3 is 9.84 Å². The van der Waals surface area contributed by atoms with Gasteiger partial charge in [0, 0.05) is 24.1 Å². The molecule has 0 amide bonds. The normalized spacial score (nSPS) is 12.3. The number of nitro benzene ring substituents is 1. The molecule has 6 nitrogen and oxygen atoms in total. The van der Waals surface area contributed by atoms with Gasteiger partial charge in [0.15, 0.2) is 5.52 Å². The van der Waals surface area contributed by atoms with Crippen molar-refractivity contribution in [1.29, 1.82) is 0 Å². The number of hydrogen-bond donors (Lipinski definition) is 1. The van der Waals surface area contributed by atoms with Crippen LogP contribution in [0.5, 0.6) is 5.75 Å². The second-order valence-corrected chi connectivity index (χ2v) is 4.23. The Bertz CT molecular complexity index is 598. The zero-order chi connectivity index (χ0) is 13.8. The minimum absolute atomic E-state index is 0.0431. The van der Waals surface area contributed by atoms with Crippen LogP contribution in [0.25, 0.3) is 10.9 Å². The maximum atomic E-state index is 10.9. The Labute approximate surface area is 109 Å². The molecule has 0 saturated carbocycles. The Hall–Kier alpha value is -2.21. The summed E-state index contributed by atoms with van der Waals surface area (Å²) in [7, 11) is 0. The summed E-state index contributed by atoms with van der Waals surface area (Å²) in [5.41, 5.74) is 0.264. The number of ether oxygens (including phenoxy) is 1. The molecule has 1 unspecified atom stereocenters. The Morgan fingerprint density at radius 1 is 1.47 bits per heavy atom. The molecule has 2 rings (SSSR count). The molecule has 0 radical (unpaired) electrons. The molecular weight excluding hydrogens is 248 g/mol. The number of pyridine rings is 1. The van der Waals surface area contributed by atoms with Gasteiger partial charge in [0.2, 0.25) is 0 Å². The zero-order valence-electron chi connectivity index (χ0n) is 10.4. The van der Waals surface area contributed by atoms with Gasteiger partial charge >= 0.3 is 0 Å². The summed E-state index contributed by atoms with van der Waals surface area (Å²) in [4.78, 5) is 14.5. The number of nitro groups is 1. The Balaban J connectivity index is 2.36. The van der Waals surface area contributed by atoms with E-state index >= 15 is 0 Å². The molecule has 100 valence electrons. The summed E-state index contributed by atoms with van der Waals surface area (Å²) in [6.45, 7) is 2.03. The Kier molecular flexibility index (Phi) is 3.91. The van der Waals surface area contributed by atoms with E-state index < -0.39 is 11.0 Å². The average Bonchev–Trinajstić information content (AvgIpc) is 2.38. The van der Waals surface area contributed by atoms with Gasteiger partial charge in [-0.05, 0) is 25.1 Å². The van der Waals surface area contributed by atoms with E-state index in [1.165, 1.54) is 12.3 Å². The van der Waals surface area contributed by atoms with Crippen LogP contribution in [-0.4, -0.2) is 27.7 Å². The van der Waals surface area contributed by atoms with Crippen LogP contribution in [0, 0.1) is 10.1 Å². The van der Waals surface area contributed by atoms with Crippen LogP contribution in [0.2, 0.25) is 0 Å². The smallest absolute Gasteiger partial charge is 0.295 e. The fourth-order valence-corrected chi connectivity index (χ4v) is 1.74. The molecule has 1 atom stereocenters. The molecule has 1 aromatic carbocycles. The summed E-state index contributed by atoms with van der Waals surface area (Å²) in [5.74, 6) is 0.536. The first-order valence-corrected chi connectivity index (χ1v) is 5.92. The zero-order valence-corrected chi connectivity index (χ0v) is 10.4. The highest BCUT2D eigenvalue weighted by Crippen LogP contribution is 2.31. The van der Waals surface area contributed by atoms with Gasteiger partial charge in [0.1, 0.15) is 5.75 Å². The molecule has 6 heteroatoms. The van der Waals surface area contributed by atoms with E-state index in [0.717, 1.165) is 0 Å². The van der Waals surface area contributed by atoms with Gasteiger partial charge in [-0.25, -0.2) is 4.98 Å². The third-order valence-electron chi connectivity index (χ3n) is 2.70. The molecule has 0 saturated heterocycles. The van der Waals surface area contributed by atoms with Gasteiger partial charge in [-0.15, -0.1) is 0 Å². The molecule has 0 spiro atoms. The monoisotopic (exact) mass is 262 g/mol. The minimum atomic E-state index is -0.463. The fourth-order valence-electron chi connectivity index (χ4n) is 1.74. The maximum Gasteiger partial charge on any atom is 0.295 e. The number of benzene rings is 1. The number of fused-ring (bicyclic) bond motifs is 1. The standard InChI is InChI=1S/C13H14N2O4/c1-9(16)6-8-19-12-5-4-11(15(17)18)13-10(12)3-2-7-14-13/h2-5,7,9,16H,6,8H2,1H3. The number of aromatic nitrogens is 1. The molecule has 19 heavy (non-hydrogen) atoms. The van der Waals surface area contributed by atoms with Crippen molar-refractivity contribution in [3.05, 3.63) is 40.6 Å². The molecule has 1 aromatic heterocycles.